The minimum Gasteiger partial charge on any atom is -0.369 e. The van der Waals surface area contributed by atoms with Crippen molar-refractivity contribution < 1.29 is 8.42 Å². The van der Waals surface area contributed by atoms with E-state index in [1.54, 1.807) is 18.2 Å². The summed E-state index contributed by atoms with van der Waals surface area (Å²) in [5.74, 6) is 0.468. The van der Waals surface area contributed by atoms with Gasteiger partial charge in [0.05, 0.1) is 22.5 Å². The number of unbranched alkanes of at least 4 members (excludes halogenated alkanes) is 3. The van der Waals surface area contributed by atoms with Crippen LogP contribution in [-0.4, -0.2) is 24.1 Å². The van der Waals surface area contributed by atoms with Crippen molar-refractivity contribution >= 4 is 45.1 Å². The summed E-state index contributed by atoms with van der Waals surface area (Å²) in [6.07, 6.45) is 3.77. The molecule has 0 fully saturated rings. The van der Waals surface area contributed by atoms with Crippen LogP contribution >= 0.6 is 12.4 Å². The van der Waals surface area contributed by atoms with Gasteiger partial charge in [-0.05, 0) is 24.6 Å². The van der Waals surface area contributed by atoms with Crippen molar-refractivity contribution in [2.45, 2.75) is 32.6 Å². The van der Waals surface area contributed by atoms with E-state index in [9.17, 15) is 8.42 Å². The fraction of sp³-hybridized carbons (Fsp3) is 0.462. The number of nitrogens with one attached hydrogen (secondary N) is 2. The van der Waals surface area contributed by atoms with Gasteiger partial charge in [0.25, 0.3) is 0 Å². The molecule has 0 aliphatic heterocycles. The summed E-state index contributed by atoms with van der Waals surface area (Å²) in [7, 11) is -3.29. The minimum atomic E-state index is -3.29. The molecule has 21 heavy (non-hydrogen) atoms. The molecule has 118 valence electrons. The van der Waals surface area contributed by atoms with Crippen molar-refractivity contribution in [1.29, 1.82) is 0 Å². The SMILES string of the molecule is CCCCCCS(=O)(=O)Nc1ccc2nc(N)[nH]c2c1.Cl. The maximum absolute atomic E-state index is 11.9. The number of hydrogen-bond acceptors (Lipinski definition) is 4. The van der Waals surface area contributed by atoms with E-state index in [1.807, 2.05) is 0 Å². The van der Waals surface area contributed by atoms with Crippen LogP contribution in [0.3, 0.4) is 0 Å². The molecule has 0 aliphatic carbocycles. The average Bonchev–Trinajstić information content (AvgIpc) is 2.73. The summed E-state index contributed by atoms with van der Waals surface area (Å²) in [4.78, 5) is 6.94. The first-order valence-electron chi connectivity index (χ1n) is 6.76. The highest BCUT2D eigenvalue weighted by Crippen LogP contribution is 2.19. The largest absolute Gasteiger partial charge is 0.369 e. The van der Waals surface area contributed by atoms with Crippen molar-refractivity contribution in [3.8, 4) is 0 Å². The normalized spacial score (nSPS) is 11.3. The zero-order valence-electron chi connectivity index (χ0n) is 11.9. The van der Waals surface area contributed by atoms with Crippen LogP contribution in [0.5, 0.6) is 0 Å². The number of imidazole rings is 1. The fourth-order valence-electron chi connectivity index (χ4n) is 2.04. The number of nitrogen functional groups attached to an aromatic ring is 1. The van der Waals surface area contributed by atoms with Gasteiger partial charge in [0, 0.05) is 0 Å². The predicted molar refractivity (Wildman–Crippen MR) is 89.3 cm³/mol. The number of halogens is 1. The third kappa shape index (κ3) is 5.09. The Morgan fingerprint density at radius 1 is 1.29 bits per heavy atom. The van der Waals surface area contributed by atoms with Gasteiger partial charge in [0.15, 0.2) is 5.95 Å². The van der Waals surface area contributed by atoms with Crippen LogP contribution in [0.2, 0.25) is 0 Å². The van der Waals surface area contributed by atoms with Crippen LogP contribution < -0.4 is 10.5 Å². The van der Waals surface area contributed by atoms with E-state index < -0.39 is 10.0 Å². The zero-order valence-corrected chi connectivity index (χ0v) is 13.6. The molecule has 0 saturated carbocycles. The molecule has 1 aromatic heterocycles. The molecule has 1 heterocycles. The number of fused-ring (bicyclic) bond motifs is 1. The van der Waals surface area contributed by atoms with Crippen molar-refractivity contribution in [1.82, 2.24) is 9.97 Å². The number of H-pyrrole nitrogens is 1. The summed E-state index contributed by atoms with van der Waals surface area (Å²) >= 11 is 0. The van der Waals surface area contributed by atoms with Crippen LogP contribution in [0.1, 0.15) is 32.6 Å². The number of aromatic nitrogens is 2. The second-order valence-electron chi connectivity index (χ2n) is 4.84. The third-order valence-corrected chi connectivity index (χ3v) is 4.41. The molecule has 6 nitrogen and oxygen atoms in total. The topological polar surface area (TPSA) is 101 Å². The molecule has 4 N–H and O–H groups in total. The van der Waals surface area contributed by atoms with Crippen molar-refractivity contribution in [2.75, 3.05) is 16.2 Å². The van der Waals surface area contributed by atoms with Crippen molar-refractivity contribution in [3.05, 3.63) is 18.2 Å². The Labute approximate surface area is 131 Å². The Morgan fingerprint density at radius 3 is 2.76 bits per heavy atom. The smallest absolute Gasteiger partial charge is 0.232 e. The van der Waals surface area contributed by atoms with Gasteiger partial charge in [-0.25, -0.2) is 13.4 Å². The molecule has 2 rings (SSSR count). The summed E-state index contributed by atoms with van der Waals surface area (Å²) in [5, 5.41) is 0. The highest BCUT2D eigenvalue weighted by atomic mass is 35.5. The molecular weight excluding hydrogens is 312 g/mol. The molecule has 0 unspecified atom stereocenters. The number of rotatable bonds is 7. The maximum atomic E-state index is 11.9. The average molecular weight is 333 g/mol. The van der Waals surface area contributed by atoms with Crippen LogP contribution in [0.25, 0.3) is 11.0 Å². The second-order valence-corrected chi connectivity index (χ2v) is 6.68. The Bertz CT molecular complexity index is 685. The molecule has 2 aromatic rings. The second kappa shape index (κ2) is 7.51. The lowest BCUT2D eigenvalue weighted by atomic mass is 10.2. The van der Waals surface area contributed by atoms with E-state index in [-0.39, 0.29) is 18.2 Å². The molecule has 0 atom stereocenters. The molecule has 0 bridgehead atoms. The van der Waals surface area contributed by atoms with Gasteiger partial charge < -0.3 is 10.7 Å². The van der Waals surface area contributed by atoms with E-state index >= 15 is 0 Å². The van der Waals surface area contributed by atoms with Crippen LogP contribution in [0, 0.1) is 0 Å². The van der Waals surface area contributed by atoms with Gasteiger partial charge in [-0.3, -0.25) is 4.72 Å². The highest BCUT2D eigenvalue weighted by molar-refractivity contribution is 7.92. The lowest BCUT2D eigenvalue weighted by molar-refractivity contribution is 0.594. The third-order valence-electron chi connectivity index (χ3n) is 3.04. The molecule has 0 aliphatic rings. The number of nitrogens with two attached hydrogens (primary N) is 1. The first-order valence-corrected chi connectivity index (χ1v) is 8.41. The van der Waals surface area contributed by atoms with E-state index in [0.29, 0.717) is 29.1 Å². The van der Waals surface area contributed by atoms with E-state index in [1.165, 1.54) is 0 Å². The van der Waals surface area contributed by atoms with Gasteiger partial charge in [-0.15, -0.1) is 12.4 Å². The highest BCUT2D eigenvalue weighted by Gasteiger charge is 2.11. The molecular formula is C13H21ClN4O2S. The van der Waals surface area contributed by atoms with E-state index in [2.05, 4.69) is 21.6 Å². The predicted octanol–water partition coefficient (Wildman–Crippen LogP) is 2.89. The minimum absolute atomic E-state index is 0. The first kappa shape index (κ1) is 17.6. The fourth-order valence-corrected chi connectivity index (χ4v) is 3.21. The van der Waals surface area contributed by atoms with Gasteiger partial charge in [-0.1, -0.05) is 26.2 Å². The van der Waals surface area contributed by atoms with Crippen LogP contribution in [-0.2, 0) is 10.0 Å². The Kier molecular flexibility index (Phi) is 6.29. The van der Waals surface area contributed by atoms with Gasteiger partial charge in [0.2, 0.25) is 10.0 Å². The standard InChI is InChI=1S/C13H20N4O2S.ClH/c1-2-3-4-5-8-20(18,19)17-10-6-7-11-12(9-10)16-13(14)15-11;/h6-7,9,17H,2-5,8H2,1H3,(H3,14,15,16);1H. The summed E-state index contributed by atoms with van der Waals surface area (Å²) in [6.45, 7) is 2.10. The zero-order chi connectivity index (χ0) is 14.6. The van der Waals surface area contributed by atoms with Crippen molar-refractivity contribution in [2.24, 2.45) is 0 Å². The maximum Gasteiger partial charge on any atom is 0.232 e. The number of sulfonamides is 1. The lowest BCUT2D eigenvalue weighted by Gasteiger charge is -2.07. The molecule has 0 spiro atoms. The monoisotopic (exact) mass is 332 g/mol. The molecule has 1 aromatic carbocycles. The number of anilines is 2. The van der Waals surface area contributed by atoms with Crippen molar-refractivity contribution in [3.63, 3.8) is 0 Å². The summed E-state index contributed by atoms with van der Waals surface area (Å²) in [6, 6.07) is 5.12. The van der Waals surface area contributed by atoms with Gasteiger partial charge in [0.1, 0.15) is 0 Å². The van der Waals surface area contributed by atoms with Gasteiger partial charge in [-0.2, -0.15) is 0 Å². The van der Waals surface area contributed by atoms with Crippen LogP contribution in [0.4, 0.5) is 11.6 Å². The quantitative estimate of drug-likeness (QED) is 0.678. The molecule has 0 amide bonds. The molecule has 0 radical (unpaired) electrons. The Morgan fingerprint density at radius 2 is 2.05 bits per heavy atom. The van der Waals surface area contributed by atoms with E-state index in [4.69, 9.17) is 5.73 Å². The van der Waals surface area contributed by atoms with Crippen LogP contribution in [0.15, 0.2) is 18.2 Å². The molecule has 0 saturated heterocycles. The number of nitrogens with zero attached hydrogens (tertiary/aromatic N) is 1. The number of benzene rings is 1. The summed E-state index contributed by atoms with van der Waals surface area (Å²) in [5.41, 5.74) is 7.51. The Hall–Kier alpha value is -1.47. The Balaban J connectivity index is 0.00000220. The first-order chi connectivity index (χ1) is 9.50. The van der Waals surface area contributed by atoms with Gasteiger partial charge >= 0.3 is 0 Å². The van der Waals surface area contributed by atoms with E-state index in [0.717, 1.165) is 19.3 Å². The summed E-state index contributed by atoms with van der Waals surface area (Å²) < 4.78 is 26.5. The lowest BCUT2D eigenvalue weighted by Crippen LogP contribution is -2.16. The molecule has 8 heteroatoms. The number of aromatic amines is 1. The number of hydrogen-bond donors (Lipinski definition) is 3.